The molecule has 1 saturated heterocycles. The summed E-state index contributed by atoms with van der Waals surface area (Å²) in [7, 11) is 1.80. The molecule has 1 fully saturated rings. The summed E-state index contributed by atoms with van der Waals surface area (Å²) in [5.41, 5.74) is 0. The van der Waals surface area contributed by atoms with E-state index in [4.69, 9.17) is 9.47 Å². The number of aryl methyl sites for hydroxylation is 1. The average molecular weight is 480 g/mol. The number of aliphatic imine (C=N–C) groups is 1. The largest absolute Gasteiger partial charge is 0.381 e. The van der Waals surface area contributed by atoms with Gasteiger partial charge < -0.3 is 24.7 Å². The van der Waals surface area contributed by atoms with Crippen molar-refractivity contribution < 1.29 is 9.47 Å². The Morgan fingerprint density at radius 1 is 1.15 bits per heavy atom. The van der Waals surface area contributed by atoms with Crippen LogP contribution in [-0.2, 0) is 16.0 Å². The van der Waals surface area contributed by atoms with Crippen molar-refractivity contribution >= 4 is 29.9 Å². The van der Waals surface area contributed by atoms with E-state index in [1.165, 1.54) is 0 Å². The van der Waals surface area contributed by atoms with E-state index in [1.807, 2.05) is 4.57 Å². The van der Waals surface area contributed by atoms with Crippen LogP contribution < -0.4 is 10.6 Å². The third-order valence-electron chi connectivity index (χ3n) is 4.28. The molecule has 0 bridgehead atoms. The molecule has 9 heteroatoms. The minimum absolute atomic E-state index is 0. The second-order valence-electron chi connectivity index (χ2n) is 6.32. The molecule has 2 N–H and O–H groups in total. The molecule has 0 aliphatic carbocycles. The van der Waals surface area contributed by atoms with Crippen molar-refractivity contribution in [3.8, 4) is 0 Å². The molecule has 0 saturated carbocycles. The number of nitrogens with one attached hydrogen (secondary N) is 2. The summed E-state index contributed by atoms with van der Waals surface area (Å²) in [4.78, 5) is 4.24. The van der Waals surface area contributed by atoms with Gasteiger partial charge in [0.25, 0.3) is 0 Å². The fraction of sp³-hybridized carbons (Fsp3) is 0.824. The zero-order valence-electron chi connectivity index (χ0n) is 15.7. The molecule has 0 spiro atoms. The van der Waals surface area contributed by atoms with Crippen molar-refractivity contribution in [1.82, 2.24) is 25.4 Å². The number of hydrogen-bond acceptors (Lipinski definition) is 5. The normalized spacial score (nSPS) is 15.5. The zero-order valence-corrected chi connectivity index (χ0v) is 18.1. The van der Waals surface area contributed by atoms with Crippen LogP contribution in [-0.4, -0.2) is 67.3 Å². The van der Waals surface area contributed by atoms with E-state index in [0.717, 1.165) is 84.1 Å². The summed E-state index contributed by atoms with van der Waals surface area (Å²) >= 11 is 0. The summed E-state index contributed by atoms with van der Waals surface area (Å²) < 4.78 is 13.1. The number of nitrogens with zero attached hydrogens (tertiary/aromatic N) is 4. The third-order valence-corrected chi connectivity index (χ3v) is 4.28. The molecule has 0 amide bonds. The van der Waals surface area contributed by atoms with Crippen molar-refractivity contribution in [3.63, 3.8) is 0 Å². The predicted octanol–water partition coefficient (Wildman–Crippen LogP) is 1.67. The maximum Gasteiger partial charge on any atom is 0.190 e. The number of hydrogen-bond donors (Lipinski definition) is 2. The average Bonchev–Trinajstić information content (AvgIpc) is 3.17. The highest BCUT2D eigenvalue weighted by atomic mass is 127. The molecular weight excluding hydrogens is 447 g/mol. The van der Waals surface area contributed by atoms with E-state index < -0.39 is 0 Å². The number of guanidine groups is 1. The highest BCUT2D eigenvalue weighted by Crippen LogP contribution is 2.14. The number of rotatable bonds is 11. The second-order valence-corrected chi connectivity index (χ2v) is 6.32. The molecule has 0 atom stereocenters. The van der Waals surface area contributed by atoms with E-state index in [1.54, 1.807) is 19.7 Å². The molecule has 26 heavy (non-hydrogen) atoms. The number of halogens is 1. The first-order valence-corrected chi connectivity index (χ1v) is 9.31. The van der Waals surface area contributed by atoms with Crippen LogP contribution in [0, 0.1) is 5.92 Å². The molecule has 8 nitrogen and oxygen atoms in total. The Bertz CT molecular complexity index is 466. The summed E-state index contributed by atoms with van der Waals surface area (Å²) in [6.07, 6.45) is 8.90. The van der Waals surface area contributed by atoms with Crippen molar-refractivity contribution in [2.45, 2.75) is 38.6 Å². The van der Waals surface area contributed by atoms with Crippen LogP contribution >= 0.6 is 24.0 Å². The van der Waals surface area contributed by atoms with Gasteiger partial charge in [-0.25, -0.2) is 0 Å². The SMILES string of the molecule is CN=C(NCCCCn1cnnc1)NCCCOCC1CCOCC1.I. The predicted molar refractivity (Wildman–Crippen MR) is 113 cm³/mol. The Morgan fingerprint density at radius 2 is 1.85 bits per heavy atom. The lowest BCUT2D eigenvalue weighted by Gasteiger charge is -2.21. The standard InChI is InChI=1S/C17H32N6O2.HI/c1-18-17(19-7-2-3-9-23-14-21-22-15-23)20-8-4-10-25-13-16-5-11-24-12-6-16;/h14-16H,2-13H2,1H3,(H2,18,19,20);1H. The summed E-state index contributed by atoms with van der Waals surface area (Å²) in [6.45, 7) is 6.15. The minimum Gasteiger partial charge on any atom is -0.381 e. The van der Waals surface area contributed by atoms with Crippen LogP contribution in [0.4, 0.5) is 0 Å². The Morgan fingerprint density at radius 3 is 2.54 bits per heavy atom. The molecule has 0 aromatic carbocycles. The van der Waals surface area contributed by atoms with Crippen molar-refractivity contribution in [3.05, 3.63) is 12.7 Å². The van der Waals surface area contributed by atoms with E-state index >= 15 is 0 Å². The van der Waals surface area contributed by atoms with Gasteiger partial charge >= 0.3 is 0 Å². The molecular formula is C17H33IN6O2. The maximum atomic E-state index is 5.77. The quantitative estimate of drug-likeness (QED) is 0.217. The summed E-state index contributed by atoms with van der Waals surface area (Å²) in [5, 5.41) is 14.3. The van der Waals surface area contributed by atoms with Crippen LogP contribution in [0.25, 0.3) is 0 Å². The first-order valence-electron chi connectivity index (χ1n) is 9.31. The molecule has 1 aliphatic rings. The van der Waals surface area contributed by atoms with E-state index in [-0.39, 0.29) is 24.0 Å². The maximum absolute atomic E-state index is 5.77. The molecule has 2 heterocycles. The van der Waals surface area contributed by atoms with Gasteiger partial charge in [-0.2, -0.15) is 0 Å². The fourth-order valence-electron chi connectivity index (χ4n) is 2.73. The Balaban J connectivity index is 0.00000338. The summed E-state index contributed by atoms with van der Waals surface area (Å²) in [5.74, 6) is 1.53. The highest BCUT2D eigenvalue weighted by Gasteiger charge is 2.13. The second kappa shape index (κ2) is 15.2. The van der Waals surface area contributed by atoms with E-state index in [9.17, 15) is 0 Å². The van der Waals surface area contributed by atoms with Gasteiger partial charge in [-0.05, 0) is 38.0 Å². The van der Waals surface area contributed by atoms with Gasteiger partial charge in [0.2, 0.25) is 0 Å². The van der Waals surface area contributed by atoms with Crippen molar-refractivity contribution in [1.29, 1.82) is 0 Å². The molecule has 0 radical (unpaired) electrons. The molecule has 1 aromatic heterocycles. The Labute approximate surface area is 173 Å². The topological polar surface area (TPSA) is 85.6 Å². The van der Waals surface area contributed by atoms with Crippen LogP contribution in [0.15, 0.2) is 17.6 Å². The molecule has 1 aromatic rings. The van der Waals surface area contributed by atoms with Gasteiger partial charge in [0.05, 0.1) is 0 Å². The van der Waals surface area contributed by atoms with Crippen molar-refractivity contribution in [2.24, 2.45) is 10.9 Å². The van der Waals surface area contributed by atoms with Gasteiger partial charge in [0.1, 0.15) is 12.7 Å². The van der Waals surface area contributed by atoms with Crippen molar-refractivity contribution in [2.75, 3.05) is 46.6 Å². The Kier molecular flexibility index (Phi) is 13.5. The Hall–Kier alpha value is -0.940. The molecule has 150 valence electrons. The van der Waals surface area contributed by atoms with Crippen LogP contribution in [0.1, 0.15) is 32.1 Å². The lowest BCUT2D eigenvalue weighted by atomic mass is 10.0. The molecule has 2 rings (SSSR count). The number of ether oxygens (including phenoxy) is 2. The molecule has 0 unspecified atom stereocenters. The number of unbranched alkanes of at least 4 members (excludes halogenated alkanes) is 1. The van der Waals surface area contributed by atoms with Gasteiger partial charge in [-0.1, -0.05) is 0 Å². The van der Waals surface area contributed by atoms with Gasteiger partial charge in [0.15, 0.2) is 5.96 Å². The van der Waals surface area contributed by atoms with E-state index in [2.05, 4.69) is 25.8 Å². The van der Waals surface area contributed by atoms with E-state index in [0.29, 0.717) is 5.92 Å². The fourth-order valence-corrected chi connectivity index (χ4v) is 2.73. The smallest absolute Gasteiger partial charge is 0.190 e. The van der Waals surface area contributed by atoms with Crippen LogP contribution in [0.2, 0.25) is 0 Å². The molecule has 1 aliphatic heterocycles. The lowest BCUT2D eigenvalue weighted by Crippen LogP contribution is -2.38. The first-order chi connectivity index (χ1) is 12.4. The summed E-state index contributed by atoms with van der Waals surface area (Å²) in [6, 6.07) is 0. The third kappa shape index (κ3) is 10.3. The monoisotopic (exact) mass is 480 g/mol. The lowest BCUT2D eigenvalue weighted by molar-refractivity contribution is 0.0203. The van der Waals surface area contributed by atoms with Gasteiger partial charge in [-0.15, -0.1) is 34.2 Å². The first kappa shape index (κ1) is 23.1. The van der Waals surface area contributed by atoms with Crippen LogP contribution in [0.5, 0.6) is 0 Å². The van der Waals surface area contributed by atoms with Crippen LogP contribution in [0.3, 0.4) is 0 Å². The zero-order chi connectivity index (χ0) is 17.6. The minimum atomic E-state index is 0. The van der Waals surface area contributed by atoms with Gasteiger partial charge in [0, 0.05) is 53.1 Å². The highest BCUT2D eigenvalue weighted by molar-refractivity contribution is 14.0. The number of aromatic nitrogens is 3. The van der Waals surface area contributed by atoms with Gasteiger partial charge in [-0.3, -0.25) is 4.99 Å².